The Morgan fingerprint density at radius 1 is 1.17 bits per heavy atom. The molecule has 1 heterocycles. The third kappa shape index (κ3) is 5.02. The van der Waals surface area contributed by atoms with E-state index in [1.807, 2.05) is 38.1 Å². The molecule has 160 valence electrons. The number of benzene rings is 2. The van der Waals surface area contributed by atoms with Crippen LogP contribution >= 0.6 is 0 Å². The minimum absolute atomic E-state index is 0.0335. The van der Waals surface area contributed by atoms with Crippen molar-refractivity contribution in [3.05, 3.63) is 64.7 Å². The summed E-state index contributed by atoms with van der Waals surface area (Å²) >= 11 is 0. The number of aryl methyl sites for hydroxylation is 1. The third-order valence-corrected chi connectivity index (χ3v) is 6.09. The summed E-state index contributed by atoms with van der Waals surface area (Å²) in [6.07, 6.45) is 5.10. The van der Waals surface area contributed by atoms with Crippen molar-refractivity contribution in [1.29, 1.82) is 0 Å². The molecule has 2 aromatic carbocycles. The lowest BCUT2D eigenvalue weighted by atomic mass is 9.84. The maximum atomic E-state index is 12.7. The quantitative estimate of drug-likeness (QED) is 0.764. The van der Waals surface area contributed by atoms with E-state index in [0.717, 1.165) is 50.0 Å². The highest BCUT2D eigenvalue weighted by Gasteiger charge is 2.23. The summed E-state index contributed by atoms with van der Waals surface area (Å²) in [4.78, 5) is 12.7. The average molecular weight is 409 g/mol. The Morgan fingerprint density at radius 3 is 2.67 bits per heavy atom. The monoisotopic (exact) mass is 408 g/mol. The van der Waals surface area contributed by atoms with Crippen LogP contribution in [0.5, 0.6) is 5.75 Å². The molecular formula is C25H32N2O3. The van der Waals surface area contributed by atoms with E-state index >= 15 is 0 Å². The van der Waals surface area contributed by atoms with Crippen LogP contribution in [0.15, 0.2) is 42.5 Å². The number of carbonyl (C=O) groups is 1. The molecule has 4 rings (SSSR count). The molecule has 0 radical (unpaired) electrons. The van der Waals surface area contributed by atoms with Gasteiger partial charge in [-0.25, -0.2) is 0 Å². The summed E-state index contributed by atoms with van der Waals surface area (Å²) in [7, 11) is 0. The number of hydrogen-bond acceptors (Lipinski definition) is 4. The second-order valence-corrected chi connectivity index (χ2v) is 9.09. The lowest BCUT2D eigenvalue weighted by Gasteiger charge is -2.28. The van der Waals surface area contributed by atoms with Crippen LogP contribution in [0.3, 0.4) is 0 Å². The Balaban J connectivity index is 1.32. The van der Waals surface area contributed by atoms with Gasteiger partial charge in [-0.2, -0.15) is 0 Å². The first-order valence-electron chi connectivity index (χ1n) is 10.9. The first-order valence-corrected chi connectivity index (χ1v) is 10.9. The first kappa shape index (κ1) is 20.9. The fourth-order valence-corrected chi connectivity index (χ4v) is 4.22. The fraction of sp³-hybridized carbons (Fsp3) is 0.480. The summed E-state index contributed by atoms with van der Waals surface area (Å²) in [5.41, 5.74) is 10.4. The lowest BCUT2D eigenvalue weighted by molar-refractivity contribution is 0.0679. The molecule has 1 fully saturated rings. The Kier molecular flexibility index (Phi) is 6.11. The molecule has 2 atom stereocenters. The van der Waals surface area contributed by atoms with Crippen molar-refractivity contribution in [3.63, 3.8) is 0 Å². The SMILES string of the molecule is CC(C)(N)c1ccc2c(c1)CC[C@H](NC(=O)c1ccc(OC[C@@H]3CCCO3)cc1)C2. The van der Waals surface area contributed by atoms with Crippen LogP contribution in [0, 0.1) is 0 Å². The second-order valence-electron chi connectivity index (χ2n) is 9.09. The number of nitrogens with two attached hydrogens (primary N) is 1. The highest BCUT2D eigenvalue weighted by Crippen LogP contribution is 2.27. The predicted octanol–water partition coefficient (Wildman–Crippen LogP) is 3.73. The van der Waals surface area contributed by atoms with Gasteiger partial charge in [0.25, 0.3) is 5.91 Å². The van der Waals surface area contributed by atoms with Crippen molar-refractivity contribution in [2.75, 3.05) is 13.2 Å². The van der Waals surface area contributed by atoms with Gasteiger partial charge in [-0.3, -0.25) is 4.79 Å². The lowest BCUT2D eigenvalue weighted by Crippen LogP contribution is -2.39. The van der Waals surface area contributed by atoms with E-state index in [-0.39, 0.29) is 23.6 Å². The molecule has 5 heteroatoms. The van der Waals surface area contributed by atoms with Crippen LogP contribution in [0.2, 0.25) is 0 Å². The molecule has 1 aliphatic carbocycles. The molecule has 0 saturated carbocycles. The van der Waals surface area contributed by atoms with E-state index < -0.39 is 0 Å². The van der Waals surface area contributed by atoms with Gasteiger partial charge in [0.15, 0.2) is 0 Å². The molecule has 1 aliphatic heterocycles. The summed E-state index contributed by atoms with van der Waals surface area (Å²) in [6.45, 7) is 5.44. The Morgan fingerprint density at radius 2 is 1.97 bits per heavy atom. The van der Waals surface area contributed by atoms with Crippen molar-refractivity contribution < 1.29 is 14.3 Å². The van der Waals surface area contributed by atoms with Crippen molar-refractivity contribution in [3.8, 4) is 5.75 Å². The van der Waals surface area contributed by atoms with E-state index in [9.17, 15) is 4.79 Å². The van der Waals surface area contributed by atoms with Gasteiger partial charge >= 0.3 is 0 Å². The maximum Gasteiger partial charge on any atom is 0.251 e. The van der Waals surface area contributed by atoms with E-state index in [1.54, 1.807) is 0 Å². The first-order chi connectivity index (χ1) is 14.4. The molecule has 0 aromatic heterocycles. The number of carbonyl (C=O) groups excluding carboxylic acids is 1. The third-order valence-electron chi connectivity index (χ3n) is 6.09. The van der Waals surface area contributed by atoms with Gasteiger partial charge in [-0.15, -0.1) is 0 Å². The minimum Gasteiger partial charge on any atom is -0.491 e. The smallest absolute Gasteiger partial charge is 0.251 e. The normalized spacial score (nSPS) is 21.2. The van der Waals surface area contributed by atoms with Gasteiger partial charge in [0, 0.05) is 23.8 Å². The van der Waals surface area contributed by atoms with Crippen LogP contribution in [-0.4, -0.2) is 31.3 Å². The molecule has 0 bridgehead atoms. The van der Waals surface area contributed by atoms with Crippen molar-refractivity contribution >= 4 is 5.91 Å². The van der Waals surface area contributed by atoms with Crippen molar-refractivity contribution in [2.45, 2.75) is 63.6 Å². The summed E-state index contributed by atoms with van der Waals surface area (Å²) in [5, 5.41) is 3.19. The van der Waals surface area contributed by atoms with Crippen molar-refractivity contribution in [2.24, 2.45) is 5.73 Å². The van der Waals surface area contributed by atoms with E-state index in [1.165, 1.54) is 11.1 Å². The highest BCUT2D eigenvalue weighted by atomic mass is 16.5. The number of hydrogen-bond donors (Lipinski definition) is 2. The molecule has 30 heavy (non-hydrogen) atoms. The van der Waals surface area contributed by atoms with Gasteiger partial charge in [0.1, 0.15) is 12.4 Å². The van der Waals surface area contributed by atoms with Crippen molar-refractivity contribution in [1.82, 2.24) is 5.32 Å². The van der Waals surface area contributed by atoms with Gasteiger partial charge < -0.3 is 20.5 Å². The molecule has 1 saturated heterocycles. The maximum absolute atomic E-state index is 12.7. The number of amides is 1. The molecule has 1 amide bonds. The molecular weight excluding hydrogens is 376 g/mol. The minimum atomic E-state index is -0.333. The largest absolute Gasteiger partial charge is 0.491 e. The van der Waals surface area contributed by atoms with Crippen LogP contribution in [0.4, 0.5) is 0 Å². The standard InChI is InChI=1S/C25H32N2O3/c1-25(2,26)20-9-5-19-15-21(10-6-18(19)14-20)27-24(28)17-7-11-22(12-8-17)30-16-23-4-3-13-29-23/h5,7-9,11-12,14,21,23H,3-4,6,10,13,15-16,26H2,1-2H3,(H,27,28)/t21-,23-/m0/s1. The molecule has 5 nitrogen and oxygen atoms in total. The Labute approximate surface area is 178 Å². The van der Waals surface area contributed by atoms with Crippen LogP contribution in [-0.2, 0) is 23.1 Å². The van der Waals surface area contributed by atoms with Gasteiger partial charge in [-0.05, 0) is 86.9 Å². The predicted molar refractivity (Wildman–Crippen MR) is 118 cm³/mol. The summed E-state index contributed by atoms with van der Waals surface area (Å²) in [5.74, 6) is 0.737. The zero-order valence-electron chi connectivity index (χ0n) is 17.9. The molecule has 0 unspecified atom stereocenters. The topological polar surface area (TPSA) is 73.6 Å². The molecule has 2 aromatic rings. The summed E-state index contributed by atoms with van der Waals surface area (Å²) in [6, 6.07) is 14.0. The van der Waals surface area contributed by atoms with Crippen LogP contribution < -0.4 is 15.8 Å². The van der Waals surface area contributed by atoms with E-state index in [2.05, 4.69) is 23.5 Å². The molecule has 2 aliphatic rings. The number of ether oxygens (including phenoxy) is 2. The summed E-state index contributed by atoms with van der Waals surface area (Å²) < 4.78 is 11.4. The number of fused-ring (bicyclic) bond motifs is 1. The van der Waals surface area contributed by atoms with Gasteiger partial charge in [-0.1, -0.05) is 18.2 Å². The molecule has 0 spiro atoms. The Hall–Kier alpha value is -2.37. The van der Waals surface area contributed by atoms with Crippen LogP contribution in [0.1, 0.15) is 60.2 Å². The number of rotatable bonds is 6. The second kappa shape index (κ2) is 8.78. The fourth-order valence-electron chi connectivity index (χ4n) is 4.22. The zero-order chi connectivity index (χ0) is 21.1. The van der Waals surface area contributed by atoms with E-state index in [4.69, 9.17) is 15.2 Å². The number of nitrogens with one attached hydrogen (secondary N) is 1. The Bertz CT molecular complexity index is 880. The van der Waals surface area contributed by atoms with Crippen LogP contribution in [0.25, 0.3) is 0 Å². The average Bonchev–Trinajstić information content (AvgIpc) is 3.25. The molecule has 3 N–H and O–H groups in total. The highest BCUT2D eigenvalue weighted by molar-refractivity contribution is 5.94. The van der Waals surface area contributed by atoms with Gasteiger partial charge in [0.05, 0.1) is 6.10 Å². The van der Waals surface area contributed by atoms with E-state index in [0.29, 0.717) is 12.2 Å². The zero-order valence-corrected chi connectivity index (χ0v) is 17.9. The van der Waals surface area contributed by atoms with Gasteiger partial charge in [0.2, 0.25) is 0 Å².